The first kappa shape index (κ1) is 18.5. The number of morpholine rings is 1. The molecule has 0 amide bonds. The molecule has 1 aliphatic heterocycles. The number of hydrogen-bond donors (Lipinski definition) is 1. The third-order valence-electron chi connectivity index (χ3n) is 4.08. The van der Waals surface area contributed by atoms with Crippen LogP contribution in [0.5, 0.6) is 0 Å². The summed E-state index contributed by atoms with van der Waals surface area (Å²) in [6.07, 6.45) is 0. The molecule has 0 spiro atoms. The third-order valence-corrected chi connectivity index (χ3v) is 5.31. The van der Waals surface area contributed by atoms with Crippen LogP contribution in [0.15, 0.2) is 24.3 Å². The third kappa shape index (κ3) is 4.47. The Kier molecular flexibility index (Phi) is 5.38. The van der Waals surface area contributed by atoms with Crippen molar-refractivity contribution in [2.45, 2.75) is 19.6 Å². The Balaban J connectivity index is 1.79. The van der Waals surface area contributed by atoms with Gasteiger partial charge in [-0.05, 0) is 31.5 Å². The maximum atomic E-state index is 13.0. The molecule has 9 heteroatoms. The Hall–Kier alpha value is -2.26. The van der Waals surface area contributed by atoms with Gasteiger partial charge in [-0.1, -0.05) is 12.1 Å². The van der Waals surface area contributed by atoms with Crippen LogP contribution in [0.4, 0.5) is 16.0 Å². The van der Waals surface area contributed by atoms with E-state index < -0.39 is 15.8 Å². The number of nitrogens with one attached hydrogen (secondary N) is 1. The van der Waals surface area contributed by atoms with E-state index in [0.29, 0.717) is 54.9 Å². The zero-order chi connectivity index (χ0) is 18.7. The van der Waals surface area contributed by atoms with Crippen LogP contribution in [0, 0.1) is 19.7 Å². The molecule has 0 saturated carbocycles. The number of halogens is 1. The number of nitrogens with zero attached hydrogens (tertiary/aromatic N) is 3. The first-order valence-corrected chi connectivity index (χ1v) is 9.92. The van der Waals surface area contributed by atoms with Crippen molar-refractivity contribution in [3.8, 4) is 0 Å². The molecule has 1 saturated heterocycles. The largest absolute Gasteiger partial charge is 0.378 e. The number of aromatic nitrogens is 2. The van der Waals surface area contributed by atoms with Gasteiger partial charge in [-0.25, -0.2) is 22.8 Å². The molecule has 1 aromatic heterocycles. The van der Waals surface area contributed by atoms with Gasteiger partial charge in [0.1, 0.15) is 5.82 Å². The molecule has 26 heavy (non-hydrogen) atoms. The van der Waals surface area contributed by atoms with Gasteiger partial charge in [0.25, 0.3) is 0 Å². The lowest BCUT2D eigenvalue weighted by Crippen LogP contribution is -2.37. The summed E-state index contributed by atoms with van der Waals surface area (Å²) in [5.74, 6) is -0.0835. The molecule has 140 valence electrons. The number of hydrogen-bond acceptors (Lipinski definition) is 6. The smallest absolute Gasteiger partial charge is 0.237 e. The monoisotopic (exact) mass is 380 g/mol. The van der Waals surface area contributed by atoms with Crippen molar-refractivity contribution in [3.63, 3.8) is 0 Å². The molecule has 7 nitrogen and oxygen atoms in total. The Labute approximate surface area is 152 Å². The number of sulfonamides is 1. The second kappa shape index (κ2) is 7.55. The highest BCUT2D eigenvalue weighted by atomic mass is 32.2. The van der Waals surface area contributed by atoms with Crippen molar-refractivity contribution in [1.82, 2.24) is 9.97 Å². The van der Waals surface area contributed by atoms with Crippen molar-refractivity contribution in [3.05, 3.63) is 47.0 Å². The molecule has 0 atom stereocenters. The Morgan fingerprint density at radius 1 is 1.12 bits per heavy atom. The summed E-state index contributed by atoms with van der Waals surface area (Å²) < 4.78 is 45.8. The van der Waals surface area contributed by atoms with Crippen molar-refractivity contribution < 1.29 is 17.5 Å². The van der Waals surface area contributed by atoms with Crippen LogP contribution in [-0.2, 0) is 20.5 Å². The van der Waals surface area contributed by atoms with Crippen LogP contribution in [-0.4, -0.2) is 44.7 Å². The number of aryl methyl sites for hydroxylation is 2. The molecule has 1 N–H and O–H groups in total. The fourth-order valence-electron chi connectivity index (χ4n) is 2.74. The molecule has 1 fully saturated rings. The van der Waals surface area contributed by atoms with Crippen molar-refractivity contribution in [2.75, 3.05) is 35.9 Å². The van der Waals surface area contributed by atoms with Gasteiger partial charge in [0.2, 0.25) is 16.0 Å². The molecule has 3 rings (SSSR count). The summed E-state index contributed by atoms with van der Waals surface area (Å²) >= 11 is 0. The van der Waals surface area contributed by atoms with Gasteiger partial charge >= 0.3 is 0 Å². The number of benzene rings is 1. The maximum absolute atomic E-state index is 13.0. The first-order chi connectivity index (χ1) is 12.3. The normalized spacial score (nSPS) is 15.1. The molecule has 1 aliphatic rings. The van der Waals surface area contributed by atoms with Gasteiger partial charge in [0.05, 0.1) is 36.0 Å². The standard InChI is InChI=1S/C17H21FN4O3S/c1-12-16(13(2)20-17(19-12)22-7-9-25-10-8-22)21-26(23,24)11-14-3-5-15(18)6-4-14/h3-6,21H,7-11H2,1-2H3. The molecule has 0 aliphatic carbocycles. The van der Waals surface area contributed by atoms with Crippen molar-refractivity contribution in [1.29, 1.82) is 0 Å². The summed E-state index contributed by atoms with van der Waals surface area (Å²) in [6, 6.07) is 5.38. The second-order valence-electron chi connectivity index (χ2n) is 6.16. The molecule has 2 aromatic rings. The van der Waals surface area contributed by atoms with E-state index in [0.717, 1.165) is 0 Å². The summed E-state index contributed by atoms with van der Waals surface area (Å²) in [6.45, 7) is 6.13. The van der Waals surface area contributed by atoms with Gasteiger partial charge in [0, 0.05) is 13.1 Å². The predicted octanol–water partition coefficient (Wildman–Crippen LogP) is 2.01. The predicted molar refractivity (Wildman–Crippen MR) is 97.2 cm³/mol. The molecule has 0 unspecified atom stereocenters. The summed E-state index contributed by atoms with van der Waals surface area (Å²) in [5, 5.41) is 0. The van der Waals surface area contributed by atoms with Gasteiger partial charge in [0.15, 0.2) is 0 Å². The highest BCUT2D eigenvalue weighted by molar-refractivity contribution is 7.91. The van der Waals surface area contributed by atoms with E-state index in [1.165, 1.54) is 24.3 Å². The van der Waals surface area contributed by atoms with Gasteiger partial charge in [-0.15, -0.1) is 0 Å². The molecular weight excluding hydrogens is 359 g/mol. The van der Waals surface area contributed by atoms with Crippen LogP contribution >= 0.6 is 0 Å². The highest BCUT2D eigenvalue weighted by Gasteiger charge is 2.20. The lowest BCUT2D eigenvalue weighted by atomic mass is 10.2. The number of rotatable bonds is 5. The first-order valence-electron chi connectivity index (χ1n) is 8.27. The maximum Gasteiger partial charge on any atom is 0.237 e. The summed E-state index contributed by atoms with van der Waals surface area (Å²) in [5.41, 5.74) is 1.99. The Bertz CT molecular complexity index is 858. The lowest BCUT2D eigenvalue weighted by molar-refractivity contribution is 0.122. The molecule has 0 radical (unpaired) electrons. The number of anilines is 2. The minimum Gasteiger partial charge on any atom is -0.378 e. The zero-order valence-electron chi connectivity index (χ0n) is 14.7. The van der Waals surface area contributed by atoms with Gasteiger partial charge in [-0.2, -0.15) is 0 Å². The van der Waals surface area contributed by atoms with Crippen molar-refractivity contribution in [2.24, 2.45) is 0 Å². The van der Waals surface area contributed by atoms with Crippen LogP contribution in [0.2, 0.25) is 0 Å². The highest BCUT2D eigenvalue weighted by Crippen LogP contribution is 2.23. The van der Waals surface area contributed by atoms with Gasteiger partial charge < -0.3 is 9.64 Å². The van der Waals surface area contributed by atoms with Crippen LogP contribution < -0.4 is 9.62 Å². The van der Waals surface area contributed by atoms with Crippen LogP contribution in [0.25, 0.3) is 0 Å². The fraction of sp³-hybridized carbons (Fsp3) is 0.412. The summed E-state index contributed by atoms with van der Waals surface area (Å²) in [4.78, 5) is 10.9. The Morgan fingerprint density at radius 3 is 2.27 bits per heavy atom. The van der Waals surface area contributed by atoms with E-state index in [1.807, 2.05) is 4.90 Å². The quantitative estimate of drug-likeness (QED) is 0.854. The van der Waals surface area contributed by atoms with E-state index in [2.05, 4.69) is 14.7 Å². The molecule has 2 heterocycles. The van der Waals surface area contributed by atoms with Crippen molar-refractivity contribution >= 4 is 21.7 Å². The van der Waals surface area contributed by atoms with E-state index in [9.17, 15) is 12.8 Å². The van der Waals surface area contributed by atoms with Crippen LogP contribution in [0.1, 0.15) is 17.0 Å². The fourth-order valence-corrected chi connectivity index (χ4v) is 4.05. The van der Waals surface area contributed by atoms with Crippen LogP contribution in [0.3, 0.4) is 0 Å². The number of ether oxygens (including phenoxy) is 1. The van der Waals surface area contributed by atoms with E-state index in [1.54, 1.807) is 13.8 Å². The van der Waals surface area contributed by atoms with E-state index in [4.69, 9.17) is 4.74 Å². The zero-order valence-corrected chi connectivity index (χ0v) is 15.5. The second-order valence-corrected chi connectivity index (χ2v) is 7.88. The summed E-state index contributed by atoms with van der Waals surface area (Å²) in [7, 11) is -3.67. The topological polar surface area (TPSA) is 84.4 Å². The Morgan fingerprint density at radius 2 is 1.69 bits per heavy atom. The van der Waals surface area contributed by atoms with Gasteiger partial charge in [-0.3, -0.25) is 4.72 Å². The average molecular weight is 380 g/mol. The molecular formula is C17H21FN4O3S. The molecule has 1 aromatic carbocycles. The lowest BCUT2D eigenvalue weighted by Gasteiger charge is -2.27. The minimum atomic E-state index is -3.67. The molecule has 0 bridgehead atoms. The average Bonchev–Trinajstić information content (AvgIpc) is 2.60. The SMILES string of the molecule is Cc1nc(N2CCOCC2)nc(C)c1NS(=O)(=O)Cc1ccc(F)cc1. The van der Waals surface area contributed by atoms with E-state index in [-0.39, 0.29) is 5.75 Å². The van der Waals surface area contributed by atoms with E-state index >= 15 is 0 Å². The minimum absolute atomic E-state index is 0.253.